The normalized spacial score (nSPS) is 11.1. The Hall–Kier alpha value is -0.0600. The van der Waals surface area contributed by atoms with E-state index in [-0.39, 0.29) is 5.75 Å². The number of nitrogens with zero attached hydrogens (tertiary/aromatic N) is 1. The Morgan fingerprint density at radius 3 is 2.24 bits per heavy atom. The van der Waals surface area contributed by atoms with E-state index in [1.165, 1.54) is 18.4 Å². The molecule has 0 saturated heterocycles. The van der Waals surface area contributed by atoms with Crippen LogP contribution in [0.3, 0.4) is 0 Å². The van der Waals surface area contributed by atoms with Gasteiger partial charge in [-0.15, -0.1) is 0 Å². The van der Waals surface area contributed by atoms with Crippen LogP contribution in [0.4, 0.5) is 0 Å². The molecule has 1 aromatic rings. The van der Waals surface area contributed by atoms with Crippen molar-refractivity contribution in [3.05, 3.63) is 26.6 Å². The molecule has 1 N–H and O–H groups in total. The number of hydrogen-bond acceptors (Lipinski definition) is 2. The molecule has 0 aliphatic rings. The van der Waals surface area contributed by atoms with Gasteiger partial charge >= 0.3 is 0 Å². The van der Waals surface area contributed by atoms with Crippen LogP contribution in [0, 0.1) is 0 Å². The van der Waals surface area contributed by atoms with Gasteiger partial charge in [-0.2, -0.15) is 0 Å². The van der Waals surface area contributed by atoms with E-state index in [1.807, 2.05) is 12.1 Å². The summed E-state index contributed by atoms with van der Waals surface area (Å²) >= 11 is 6.73. The number of aromatic hydroxyl groups is 1. The van der Waals surface area contributed by atoms with Crippen molar-refractivity contribution in [2.24, 2.45) is 0 Å². The van der Waals surface area contributed by atoms with E-state index in [2.05, 4.69) is 50.6 Å². The quantitative estimate of drug-likeness (QED) is 0.800. The van der Waals surface area contributed by atoms with E-state index < -0.39 is 0 Å². The molecule has 0 spiro atoms. The van der Waals surface area contributed by atoms with Gasteiger partial charge in [0.05, 0.1) is 8.95 Å². The Bertz CT molecular complexity index is 345. The largest absolute Gasteiger partial charge is 0.506 e. The van der Waals surface area contributed by atoms with Gasteiger partial charge in [0.25, 0.3) is 0 Å². The summed E-state index contributed by atoms with van der Waals surface area (Å²) in [4.78, 5) is 2.41. The van der Waals surface area contributed by atoms with Gasteiger partial charge in [-0.1, -0.05) is 20.3 Å². The number of phenolic OH excluding ortho intramolecular Hbond substituents is 1. The molecular weight excluding hydrogens is 346 g/mol. The summed E-state index contributed by atoms with van der Waals surface area (Å²) in [7, 11) is 0. The highest BCUT2D eigenvalue weighted by Crippen LogP contribution is 2.33. The molecule has 0 atom stereocenters. The van der Waals surface area contributed by atoms with Crippen LogP contribution in [0.25, 0.3) is 0 Å². The van der Waals surface area contributed by atoms with Crippen LogP contribution in [0.15, 0.2) is 21.1 Å². The monoisotopic (exact) mass is 363 g/mol. The standard InChI is InChI=1S/C13H19Br2NO/c1-3-5-6-16(4-2)9-10-7-11(14)13(17)12(15)8-10/h7-8,17H,3-6,9H2,1-2H3. The minimum Gasteiger partial charge on any atom is -0.506 e. The molecule has 17 heavy (non-hydrogen) atoms. The summed E-state index contributed by atoms with van der Waals surface area (Å²) in [6.45, 7) is 7.49. The average molecular weight is 365 g/mol. The van der Waals surface area contributed by atoms with Crippen molar-refractivity contribution in [3.63, 3.8) is 0 Å². The zero-order valence-electron chi connectivity index (χ0n) is 10.3. The lowest BCUT2D eigenvalue weighted by Gasteiger charge is -2.20. The maximum Gasteiger partial charge on any atom is 0.143 e. The van der Waals surface area contributed by atoms with Crippen molar-refractivity contribution in [1.82, 2.24) is 4.90 Å². The van der Waals surface area contributed by atoms with Crippen molar-refractivity contribution < 1.29 is 5.11 Å². The maximum atomic E-state index is 9.66. The van der Waals surface area contributed by atoms with Crippen molar-refractivity contribution in [2.45, 2.75) is 33.2 Å². The summed E-state index contributed by atoms with van der Waals surface area (Å²) in [5.41, 5.74) is 1.21. The van der Waals surface area contributed by atoms with Gasteiger partial charge in [-0.25, -0.2) is 0 Å². The van der Waals surface area contributed by atoms with Gasteiger partial charge in [-0.3, -0.25) is 4.90 Å². The van der Waals surface area contributed by atoms with Crippen molar-refractivity contribution in [1.29, 1.82) is 0 Å². The minimum atomic E-state index is 0.269. The summed E-state index contributed by atoms with van der Waals surface area (Å²) in [5.74, 6) is 0.269. The summed E-state index contributed by atoms with van der Waals surface area (Å²) in [6, 6.07) is 3.96. The Labute approximate surface area is 120 Å². The number of unbranched alkanes of at least 4 members (excludes halogenated alkanes) is 1. The SMILES string of the molecule is CCCCN(CC)Cc1cc(Br)c(O)c(Br)c1. The number of benzene rings is 1. The second kappa shape index (κ2) is 7.39. The number of hydrogen-bond donors (Lipinski definition) is 1. The molecule has 0 aliphatic heterocycles. The molecule has 1 aromatic carbocycles. The lowest BCUT2D eigenvalue weighted by molar-refractivity contribution is 0.275. The lowest BCUT2D eigenvalue weighted by Crippen LogP contribution is -2.23. The Morgan fingerprint density at radius 2 is 1.76 bits per heavy atom. The highest BCUT2D eigenvalue weighted by Gasteiger charge is 2.08. The molecule has 0 unspecified atom stereocenters. The first-order valence-corrected chi connectivity index (χ1v) is 7.56. The van der Waals surface area contributed by atoms with Gasteiger partial charge in [0.2, 0.25) is 0 Å². The molecule has 0 radical (unpaired) electrons. The fraction of sp³-hybridized carbons (Fsp3) is 0.538. The Morgan fingerprint density at radius 1 is 1.18 bits per heavy atom. The average Bonchev–Trinajstić information content (AvgIpc) is 2.31. The molecule has 0 amide bonds. The molecule has 1 rings (SSSR count). The summed E-state index contributed by atoms with van der Waals surface area (Å²) < 4.78 is 1.49. The van der Waals surface area contributed by atoms with Gasteiger partial charge in [-0.05, 0) is 69.1 Å². The summed E-state index contributed by atoms with van der Waals surface area (Å²) in [6.07, 6.45) is 2.45. The van der Waals surface area contributed by atoms with Crippen molar-refractivity contribution in [3.8, 4) is 5.75 Å². The predicted octanol–water partition coefficient (Wildman–Crippen LogP) is 4.54. The van der Waals surface area contributed by atoms with Crippen LogP contribution < -0.4 is 0 Å². The lowest BCUT2D eigenvalue weighted by atomic mass is 10.2. The van der Waals surface area contributed by atoms with Crippen molar-refractivity contribution >= 4 is 31.9 Å². The molecule has 4 heteroatoms. The van der Waals surface area contributed by atoms with Gasteiger partial charge in [0, 0.05) is 6.54 Å². The highest BCUT2D eigenvalue weighted by atomic mass is 79.9. The molecule has 0 saturated carbocycles. The van der Waals surface area contributed by atoms with E-state index in [1.54, 1.807) is 0 Å². The topological polar surface area (TPSA) is 23.5 Å². The fourth-order valence-electron chi connectivity index (χ4n) is 1.70. The van der Waals surface area contributed by atoms with Crippen LogP contribution in [-0.2, 0) is 6.54 Å². The number of phenols is 1. The van der Waals surface area contributed by atoms with Crippen LogP contribution in [0.1, 0.15) is 32.3 Å². The minimum absolute atomic E-state index is 0.269. The third-order valence-corrected chi connectivity index (χ3v) is 3.97. The highest BCUT2D eigenvalue weighted by molar-refractivity contribution is 9.11. The molecule has 0 heterocycles. The zero-order chi connectivity index (χ0) is 12.8. The first-order valence-electron chi connectivity index (χ1n) is 5.97. The van der Waals surface area contributed by atoms with E-state index in [9.17, 15) is 5.11 Å². The first-order chi connectivity index (χ1) is 8.08. The Kier molecular flexibility index (Phi) is 6.52. The molecule has 0 bridgehead atoms. The smallest absolute Gasteiger partial charge is 0.143 e. The molecule has 96 valence electrons. The van der Waals surface area contributed by atoms with Crippen LogP contribution >= 0.6 is 31.9 Å². The van der Waals surface area contributed by atoms with Gasteiger partial charge in [0.1, 0.15) is 5.75 Å². The molecule has 0 fully saturated rings. The molecule has 2 nitrogen and oxygen atoms in total. The fourth-order valence-corrected chi connectivity index (χ4v) is 2.98. The third kappa shape index (κ3) is 4.60. The van der Waals surface area contributed by atoms with E-state index >= 15 is 0 Å². The number of halogens is 2. The molecular formula is C13H19Br2NO. The molecule has 0 aromatic heterocycles. The van der Waals surface area contributed by atoms with Crippen LogP contribution in [0.2, 0.25) is 0 Å². The molecule has 0 aliphatic carbocycles. The predicted molar refractivity (Wildman–Crippen MR) is 79.4 cm³/mol. The van der Waals surface area contributed by atoms with E-state index in [4.69, 9.17) is 0 Å². The third-order valence-electron chi connectivity index (χ3n) is 2.76. The zero-order valence-corrected chi connectivity index (χ0v) is 13.5. The van der Waals surface area contributed by atoms with Gasteiger partial charge in [0.15, 0.2) is 0 Å². The van der Waals surface area contributed by atoms with E-state index in [0.717, 1.165) is 28.6 Å². The van der Waals surface area contributed by atoms with Crippen LogP contribution in [-0.4, -0.2) is 23.1 Å². The second-order valence-corrected chi connectivity index (χ2v) is 5.84. The van der Waals surface area contributed by atoms with Crippen molar-refractivity contribution in [2.75, 3.05) is 13.1 Å². The Balaban J connectivity index is 2.72. The van der Waals surface area contributed by atoms with Crippen LogP contribution in [0.5, 0.6) is 5.75 Å². The number of rotatable bonds is 6. The van der Waals surface area contributed by atoms with Gasteiger partial charge < -0.3 is 5.11 Å². The second-order valence-electron chi connectivity index (χ2n) is 4.13. The first kappa shape index (κ1) is 15.0. The van der Waals surface area contributed by atoms with E-state index in [0.29, 0.717) is 0 Å². The summed E-state index contributed by atoms with van der Waals surface area (Å²) in [5, 5.41) is 9.66. The maximum absolute atomic E-state index is 9.66.